The van der Waals surface area contributed by atoms with Gasteiger partial charge < -0.3 is 10.5 Å². The first-order chi connectivity index (χ1) is 8.56. The number of imidazole rings is 1. The zero-order valence-corrected chi connectivity index (χ0v) is 9.68. The van der Waals surface area contributed by atoms with Gasteiger partial charge in [-0.25, -0.2) is 0 Å². The Bertz CT molecular complexity index is 664. The van der Waals surface area contributed by atoms with Crippen molar-refractivity contribution in [1.29, 1.82) is 0 Å². The number of rotatable bonds is 1. The van der Waals surface area contributed by atoms with Crippen LogP contribution in [0.3, 0.4) is 0 Å². The van der Waals surface area contributed by atoms with E-state index in [1.165, 1.54) is 4.57 Å². The lowest BCUT2D eigenvalue weighted by Crippen LogP contribution is -2.15. The minimum absolute atomic E-state index is 0.0474. The molecule has 8 heteroatoms. The van der Waals surface area contributed by atoms with E-state index < -0.39 is 17.9 Å². The monoisotopic (exact) mass is 253 g/mol. The Kier molecular flexibility index (Phi) is 2.34. The van der Waals surface area contributed by atoms with E-state index in [1.54, 1.807) is 0 Å². The Balaban J connectivity index is 2.22. The van der Waals surface area contributed by atoms with Crippen molar-refractivity contribution in [2.45, 2.75) is 32.1 Å². The molecule has 3 rings (SSSR count). The highest BCUT2D eigenvalue weighted by Gasteiger charge is 2.28. The summed E-state index contributed by atoms with van der Waals surface area (Å²) in [6.45, 7) is 1.91. The molecule has 0 bridgehead atoms. The number of hydrogen-bond donors (Lipinski definition) is 2. The van der Waals surface area contributed by atoms with Gasteiger partial charge >= 0.3 is 0 Å². The molecule has 1 fully saturated rings. The van der Waals surface area contributed by atoms with Crippen molar-refractivity contribution in [3.63, 3.8) is 0 Å². The molecular weight excluding hydrogens is 241 g/mol. The number of nitrogens with one attached hydrogen (secondary N) is 1. The number of anilines is 1. The van der Waals surface area contributed by atoms with Gasteiger partial charge in [0.2, 0.25) is 5.95 Å². The van der Waals surface area contributed by atoms with Gasteiger partial charge in [-0.2, -0.15) is 14.4 Å². The van der Waals surface area contributed by atoms with Crippen molar-refractivity contribution in [2.75, 3.05) is 5.73 Å². The van der Waals surface area contributed by atoms with Gasteiger partial charge in [-0.3, -0.25) is 14.3 Å². The molecule has 2 aromatic rings. The predicted molar refractivity (Wildman–Crippen MR) is 61.3 cm³/mol. The highest BCUT2D eigenvalue weighted by atomic mass is 19.1. The van der Waals surface area contributed by atoms with E-state index in [0.717, 1.165) is 6.42 Å². The van der Waals surface area contributed by atoms with Gasteiger partial charge in [0.05, 0.1) is 6.10 Å². The molecule has 3 heterocycles. The molecule has 3 N–H and O–H groups in total. The van der Waals surface area contributed by atoms with Crippen LogP contribution in [0.5, 0.6) is 0 Å². The molecule has 0 amide bonds. The van der Waals surface area contributed by atoms with Crippen LogP contribution in [0.1, 0.15) is 26.0 Å². The van der Waals surface area contributed by atoms with Crippen LogP contribution in [0.15, 0.2) is 4.79 Å². The standard InChI is InChI=1S/C10H12FN5O2/c1-4-2-3-5(18-4)16-7-6(13-9(16)11)8(17)15-10(12)14-7/h4-5H,2-3H2,1H3,(H3,12,14,15,17). The molecule has 2 unspecified atom stereocenters. The zero-order valence-electron chi connectivity index (χ0n) is 9.68. The summed E-state index contributed by atoms with van der Waals surface area (Å²) in [4.78, 5) is 21.4. The highest BCUT2D eigenvalue weighted by Crippen LogP contribution is 2.30. The normalized spacial score (nSPS) is 23.9. The minimum Gasteiger partial charge on any atom is -0.369 e. The summed E-state index contributed by atoms with van der Waals surface area (Å²) in [6.07, 6.45) is 0.248. The number of aromatic amines is 1. The van der Waals surface area contributed by atoms with Crippen molar-refractivity contribution in [2.24, 2.45) is 0 Å². The van der Waals surface area contributed by atoms with Crippen LogP contribution < -0.4 is 11.3 Å². The molecule has 0 spiro atoms. The van der Waals surface area contributed by atoms with Crippen molar-refractivity contribution < 1.29 is 9.13 Å². The molecule has 0 saturated carbocycles. The van der Waals surface area contributed by atoms with Gasteiger partial charge in [-0.05, 0) is 19.8 Å². The summed E-state index contributed by atoms with van der Waals surface area (Å²) in [5.74, 6) is -0.0697. The molecule has 96 valence electrons. The smallest absolute Gasteiger partial charge is 0.293 e. The van der Waals surface area contributed by atoms with E-state index in [2.05, 4.69) is 15.0 Å². The Morgan fingerprint density at radius 3 is 2.94 bits per heavy atom. The number of halogens is 1. The average Bonchev–Trinajstić information content (AvgIpc) is 2.82. The van der Waals surface area contributed by atoms with E-state index in [4.69, 9.17) is 10.5 Å². The van der Waals surface area contributed by atoms with E-state index in [-0.39, 0.29) is 23.2 Å². The van der Waals surface area contributed by atoms with Crippen LogP contribution in [0.2, 0.25) is 0 Å². The first-order valence-electron chi connectivity index (χ1n) is 5.65. The summed E-state index contributed by atoms with van der Waals surface area (Å²) in [5, 5.41) is 0. The third kappa shape index (κ3) is 1.57. The van der Waals surface area contributed by atoms with Gasteiger partial charge in [-0.1, -0.05) is 0 Å². The number of aromatic nitrogens is 4. The summed E-state index contributed by atoms with van der Waals surface area (Å²) in [6, 6.07) is 0. The van der Waals surface area contributed by atoms with Crippen LogP contribution in [0.25, 0.3) is 11.2 Å². The molecule has 1 saturated heterocycles. The predicted octanol–water partition coefficient (Wildman–Crippen LogP) is 0.538. The Morgan fingerprint density at radius 2 is 2.28 bits per heavy atom. The molecule has 0 radical (unpaired) electrons. The number of nitrogen functional groups attached to an aromatic ring is 1. The van der Waals surface area contributed by atoms with Crippen molar-refractivity contribution in [3.8, 4) is 0 Å². The molecule has 1 aliphatic rings. The summed E-state index contributed by atoms with van der Waals surface area (Å²) in [5.41, 5.74) is 4.96. The SMILES string of the molecule is CC1CCC(n2c(F)nc3c(=O)[nH]c(N)nc32)O1. The third-order valence-corrected chi connectivity index (χ3v) is 3.02. The van der Waals surface area contributed by atoms with E-state index in [9.17, 15) is 9.18 Å². The van der Waals surface area contributed by atoms with Gasteiger partial charge in [0.1, 0.15) is 6.23 Å². The first-order valence-corrected chi connectivity index (χ1v) is 5.65. The Hall–Kier alpha value is -1.96. The highest BCUT2D eigenvalue weighted by molar-refractivity contribution is 5.70. The van der Waals surface area contributed by atoms with Crippen LogP contribution in [-0.4, -0.2) is 25.6 Å². The number of fused-ring (bicyclic) bond motifs is 1. The molecule has 7 nitrogen and oxygen atoms in total. The Morgan fingerprint density at radius 1 is 1.50 bits per heavy atom. The number of ether oxygens (including phenoxy) is 1. The van der Waals surface area contributed by atoms with E-state index >= 15 is 0 Å². The summed E-state index contributed by atoms with van der Waals surface area (Å²) >= 11 is 0. The number of nitrogens with zero attached hydrogens (tertiary/aromatic N) is 3. The van der Waals surface area contributed by atoms with Crippen LogP contribution >= 0.6 is 0 Å². The second-order valence-electron chi connectivity index (χ2n) is 4.35. The number of nitrogens with two attached hydrogens (primary N) is 1. The lowest BCUT2D eigenvalue weighted by atomic mass is 10.2. The second kappa shape index (κ2) is 3.77. The lowest BCUT2D eigenvalue weighted by molar-refractivity contribution is 0.00647. The van der Waals surface area contributed by atoms with Gasteiger partial charge in [-0.15, -0.1) is 0 Å². The van der Waals surface area contributed by atoms with Gasteiger partial charge in [0, 0.05) is 0 Å². The molecule has 2 atom stereocenters. The molecule has 0 aromatic carbocycles. The topological polar surface area (TPSA) is 98.8 Å². The van der Waals surface area contributed by atoms with Gasteiger partial charge in [0.15, 0.2) is 11.2 Å². The third-order valence-electron chi connectivity index (χ3n) is 3.02. The molecule has 0 aliphatic carbocycles. The maximum absolute atomic E-state index is 13.8. The Labute approximate surface area is 101 Å². The maximum atomic E-state index is 13.8. The van der Waals surface area contributed by atoms with E-state index in [0.29, 0.717) is 6.42 Å². The molecule has 1 aliphatic heterocycles. The fourth-order valence-corrected chi connectivity index (χ4v) is 2.20. The first kappa shape index (κ1) is 11.1. The zero-order chi connectivity index (χ0) is 12.9. The fourth-order valence-electron chi connectivity index (χ4n) is 2.20. The summed E-state index contributed by atoms with van der Waals surface area (Å²) in [7, 11) is 0. The second-order valence-corrected chi connectivity index (χ2v) is 4.35. The maximum Gasteiger partial charge on any atom is 0.293 e. The average molecular weight is 253 g/mol. The van der Waals surface area contributed by atoms with Crippen molar-refractivity contribution in [3.05, 3.63) is 16.4 Å². The number of hydrogen-bond acceptors (Lipinski definition) is 5. The minimum atomic E-state index is -0.785. The molecule has 2 aromatic heterocycles. The molecular formula is C10H12FN5O2. The summed E-state index contributed by atoms with van der Waals surface area (Å²) < 4.78 is 20.6. The molecule has 18 heavy (non-hydrogen) atoms. The van der Waals surface area contributed by atoms with Crippen LogP contribution in [0, 0.1) is 6.08 Å². The van der Waals surface area contributed by atoms with E-state index in [1.807, 2.05) is 6.92 Å². The van der Waals surface area contributed by atoms with Crippen molar-refractivity contribution >= 4 is 17.1 Å². The van der Waals surface area contributed by atoms with Crippen LogP contribution in [-0.2, 0) is 4.74 Å². The van der Waals surface area contributed by atoms with Gasteiger partial charge in [0.25, 0.3) is 11.6 Å². The van der Waals surface area contributed by atoms with Crippen molar-refractivity contribution in [1.82, 2.24) is 19.5 Å². The lowest BCUT2D eigenvalue weighted by Gasteiger charge is -2.13. The fraction of sp³-hybridized carbons (Fsp3) is 0.500. The quantitative estimate of drug-likeness (QED) is 0.722. The van der Waals surface area contributed by atoms with Crippen LogP contribution in [0.4, 0.5) is 10.3 Å². The number of H-pyrrole nitrogens is 1. The largest absolute Gasteiger partial charge is 0.369 e.